The SMILES string of the molecule is C1=CCC=C1.C1=CCC=C1.[Ni+2]. The van der Waals surface area contributed by atoms with Gasteiger partial charge < -0.3 is 0 Å². The molecule has 0 spiro atoms. The minimum absolute atomic E-state index is 0. The standard InChI is InChI=1S/2C5H6.Ni/c2*1-2-4-5-3-1;/h2*1-4H,5H2;/q;;+2. The summed E-state index contributed by atoms with van der Waals surface area (Å²) in [5.41, 5.74) is 0. The predicted molar refractivity (Wildman–Crippen MR) is 45.8 cm³/mol. The van der Waals surface area contributed by atoms with Gasteiger partial charge in [-0.2, -0.15) is 0 Å². The quantitative estimate of drug-likeness (QED) is 0.516. The fourth-order valence-electron chi connectivity index (χ4n) is 0.786. The summed E-state index contributed by atoms with van der Waals surface area (Å²) in [7, 11) is 0. The second kappa shape index (κ2) is 7.56. The zero-order valence-corrected chi connectivity index (χ0v) is 7.34. The van der Waals surface area contributed by atoms with Crippen molar-refractivity contribution >= 4 is 0 Å². The van der Waals surface area contributed by atoms with Crippen molar-refractivity contribution in [3.05, 3.63) is 48.6 Å². The average Bonchev–Trinajstić information content (AvgIpc) is 2.67. The second-order valence-corrected chi connectivity index (χ2v) is 2.18. The van der Waals surface area contributed by atoms with Crippen LogP contribution in [0.25, 0.3) is 0 Å². The van der Waals surface area contributed by atoms with E-state index in [9.17, 15) is 0 Å². The Balaban J connectivity index is 0.000000167. The third kappa shape index (κ3) is 5.88. The fourth-order valence-corrected chi connectivity index (χ4v) is 0.786. The first-order chi connectivity index (χ1) is 5.00. The van der Waals surface area contributed by atoms with E-state index in [0.717, 1.165) is 12.8 Å². The zero-order valence-electron chi connectivity index (χ0n) is 6.35. The van der Waals surface area contributed by atoms with Gasteiger partial charge in [-0.05, 0) is 12.8 Å². The molecule has 0 radical (unpaired) electrons. The minimum atomic E-state index is 0. The predicted octanol–water partition coefficient (Wildman–Crippen LogP) is 3.00. The maximum atomic E-state index is 2.12. The molecule has 0 N–H and O–H groups in total. The molecule has 60 valence electrons. The third-order valence-corrected chi connectivity index (χ3v) is 1.31. The van der Waals surface area contributed by atoms with E-state index in [1.54, 1.807) is 0 Å². The van der Waals surface area contributed by atoms with Gasteiger partial charge in [0.15, 0.2) is 0 Å². The first-order valence-corrected chi connectivity index (χ1v) is 3.63. The molecular formula is C10H12Ni+2. The maximum absolute atomic E-state index is 2.12. The van der Waals surface area contributed by atoms with Gasteiger partial charge in [-0.25, -0.2) is 0 Å². The molecule has 0 aliphatic heterocycles. The number of hydrogen-bond donors (Lipinski definition) is 0. The Morgan fingerprint density at radius 1 is 0.545 bits per heavy atom. The Morgan fingerprint density at radius 2 is 0.818 bits per heavy atom. The van der Waals surface area contributed by atoms with Gasteiger partial charge in [0.25, 0.3) is 0 Å². The number of allylic oxidation sites excluding steroid dienone is 8. The maximum Gasteiger partial charge on any atom is 2.00 e. The molecule has 0 aromatic heterocycles. The average molecular weight is 191 g/mol. The molecule has 0 atom stereocenters. The van der Waals surface area contributed by atoms with E-state index in [1.165, 1.54) is 0 Å². The summed E-state index contributed by atoms with van der Waals surface area (Å²) in [5.74, 6) is 0. The third-order valence-electron chi connectivity index (χ3n) is 1.31. The zero-order chi connectivity index (χ0) is 7.07. The van der Waals surface area contributed by atoms with Gasteiger partial charge in [0.2, 0.25) is 0 Å². The molecule has 0 bridgehead atoms. The van der Waals surface area contributed by atoms with Gasteiger partial charge in [0, 0.05) is 0 Å². The molecule has 0 amide bonds. The Morgan fingerprint density at radius 3 is 0.909 bits per heavy atom. The monoisotopic (exact) mass is 190 g/mol. The van der Waals surface area contributed by atoms with Crippen LogP contribution >= 0.6 is 0 Å². The summed E-state index contributed by atoms with van der Waals surface area (Å²) in [4.78, 5) is 0. The van der Waals surface area contributed by atoms with E-state index in [2.05, 4.69) is 48.6 Å². The van der Waals surface area contributed by atoms with Crippen LogP contribution in [0.1, 0.15) is 12.8 Å². The van der Waals surface area contributed by atoms with Crippen LogP contribution in [0.3, 0.4) is 0 Å². The largest absolute Gasteiger partial charge is 2.00 e. The van der Waals surface area contributed by atoms with Crippen LogP contribution in [0.2, 0.25) is 0 Å². The van der Waals surface area contributed by atoms with E-state index < -0.39 is 0 Å². The van der Waals surface area contributed by atoms with Crippen LogP contribution < -0.4 is 0 Å². The molecule has 1 heteroatoms. The van der Waals surface area contributed by atoms with Crippen molar-refractivity contribution in [1.82, 2.24) is 0 Å². The molecule has 2 aliphatic carbocycles. The molecule has 0 unspecified atom stereocenters. The van der Waals surface area contributed by atoms with Crippen LogP contribution in [0.4, 0.5) is 0 Å². The number of rotatable bonds is 0. The van der Waals surface area contributed by atoms with E-state index >= 15 is 0 Å². The molecule has 0 aromatic carbocycles. The van der Waals surface area contributed by atoms with Gasteiger partial charge in [-0.15, -0.1) is 0 Å². The summed E-state index contributed by atoms with van der Waals surface area (Å²) in [6, 6.07) is 0. The Labute approximate surface area is 78.3 Å². The molecule has 0 fully saturated rings. The minimum Gasteiger partial charge on any atom is -0.0808 e. The molecule has 2 rings (SSSR count). The van der Waals surface area contributed by atoms with E-state index in [1.807, 2.05) is 0 Å². The molecule has 11 heavy (non-hydrogen) atoms. The Hall–Kier alpha value is -0.546. The fraction of sp³-hybridized carbons (Fsp3) is 0.200. The summed E-state index contributed by atoms with van der Waals surface area (Å²) in [6.07, 6.45) is 19.0. The van der Waals surface area contributed by atoms with Gasteiger partial charge in [0.1, 0.15) is 0 Å². The van der Waals surface area contributed by atoms with Crippen LogP contribution in [-0.2, 0) is 16.5 Å². The van der Waals surface area contributed by atoms with Crippen molar-refractivity contribution in [2.75, 3.05) is 0 Å². The Bertz CT molecular complexity index is 143. The first-order valence-electron chi connectivity index (χ1n) is 3.63. The summed E-state index contributed by atoms with van der Waals surface area (Å²) in [6.45, 7) is 0. The van der Waals surface area contributed by atoms with E-state index in [-0.39, 0.29) is 16.5 Å². The number of hydrogen-bond acceptors (Lipinski definition) is 0. The van der Waals surface area contributed by atoms with Crippen molar-refractivity contribution in [1.29, 1.82) is 0 Å². The van der Waals surface area contributed by atoms with Crippen molar-refractivity contribution < 1.29 is 16.5 Å². The smallest absolute Gasteiger partial charge is 0.0808 e. The van der Waals surface area contributed by atoms with Gasteiger partial charge in [-0.1, -0.05) is 48.6 Å². The van der Waals surface area contributed by atoms with Crippen molar-refractivity contribution in [2.24, 2.45) is 0 Å². The molecule has 0 heterocycles. The topological polar surface area (TPSA) is 0 Å². The van der Waals surface area contributed by atoms with Crippen LogP contribution in [0.5, 0.6) is 0 Å². The molecular weight excluding hydrogens is 179 g/mol. The van der Waals surface area contributed by atoms with Crippen LogP contribution in [0, 0.1) is 0 Å². The van der Waals surface area contributed by atoms with Crippen molar-refractivity contribution in [3.8, 4) is 0 Å². The summed E-state index contributed by atoms with van der Waals surface area (Å²) >= 11 is 0. The molecule has 0 saturated heterocycles. The van der Waals surface area contributed by atoms with Gasteiger partial charge >= 0.3 is 16.5 Å². The molecule has 0 nitrogen and oxygen atoms in total. The molecule has 2 aliphatic rings. The Kier molecular flexibility index (Phi) is 7.18. The van der Waals surface area contributed by atoms with Crippen molar-refractivity contribution in [2.45, 2.75) is 12.8 Å². The first kappa shape index (κ1) is 10.5. The van der Waals surface area contributed by atoms with Crippen LogP contribution in [0.15, 0.2) is 48.6 Å². The van der Waals surface area contributed by atoms with Crippen molar-refractivity contribution in [3.63, 3.8) is 0 Å². The summed E-state index contributed by atoms with van der Waals surface area (Å²) in [5, 5.41) is 0. The normalized spacial score (nSPS) is 16.0. The van der Waals surface area contributed by atoms with Gasteiger partial charge in [-0.3, -0.25) is 0 Å². The van der Waals surface area contributed by atoms with Gasteiger partial charge in [0.05, 0.1) is 0 Å². The van der Waals surface area contributed by atoms with E-state index in [4.69, 9.17) is 0 Å². The molecule has 0 aromatic rings. The van der Waals surface area contributed by atoms with E-state index in [0.29, 0.717) is 0 Å². The summed E-state index contributed by atoms with van der Waals surface area (Å²) < 4.78 is 0. The second-order valence-electron chi connectivity index (χ2n) is 2.18. The molecule has 0 saturated carbocycles. The van der Waals surface area contributed by atoms with Crippen LogP contribution in [-0.4, -0.2) is 0 Å².